The highest BCUT2D eigenvalue weighted by atomic mass is 16.6. The zero-order valence-electron chi connectivity index (χ0n) is 31.4. The highest BCUT2D eigenvalue weighted by Crippen LogP contribution is 2.47. The van der Waals surface area contributed by atoms with Gasteiger partial charge in [-0.05, 0) is 86.9 Å². The number of hydrogen-bond acceptors (Lipinski definition) is 7. The second-order valence-corrected chi connectivity index (χ2v) is 15.6. The summed E-state index contributed by atoms with van der Waals surface area (Å²) in [4.78, 5) is 77.2. The van der Waals surface area contributed by atoms with E-state index in [4.69, 9.17) is 4.74 Å². The van der Waals surface area contributed by atoms with Crippen molar-refractivity contribution in [1.82, 2.24) is 24.6 Å². The van der Waals surface area contributed by atoms with Gasteiger partial charge in [-0.1, -0.05) is 36.4 Å². The van der Waals surface area contributed by atoms with Gasteiger partial charge >= 0.3 is 12.1 Å². The number of fused-ring (bicyclic) bond motifs is 3. The summed E-state index contributed by atoms with van der Waals surface area (Å²) >= 11 is 0. The number of urea groups is 1. The van der Waals surface area contributed by atoms with Crippen molar-refractivity contribution in [3.05, 3.63) is 88.6 Å². The van der Waals surface area contributed by atoms with Gasteiger partial charge in [0.2, 0.25) is 17.7 Å². The first kappa shape index (κ1) is 37.3. The number of aromatic nitrogens is 1. The fraction of sp³-hybridized carbons (Fsp3) is 0.450. The van der Waals surface area contributed by atoms with Gasteiger partial charge in [0.25, 0.3) is 0 Å². The molecule has 13 nitrogen and oxygen atoms in total. The van der Waals surface area contributed by atoms with Crippen molar-refractivity contribution in [1.29, 1.82) is 0 Å². The van der Waals surface area contributed by atoms with Crippen LogP contribution < -0.4 is 10.6 Å². The molecular weight excluding hydrogens is 674 g/mol. The fourth-order valence-electron chi connectivity index (χ4n) is 7.52. The molecule has 2 aliphatic heterocycles. The van der Waals surface area contributed by atoms with E-state index in [2.05, 4.69) is 15.6 Å². The van der Waals surface area contributed by atoms with Gasteiger partial charge in [0, 0.05) is 70.7 Å². The van der Waals surface area contributed by atoms with E-state index in [9.17, 15) is 24.0 Å². The molecule has 3 aliphatic rings. The summed E-state index contributed by atoms with van der Waals surface area (Å²) in [6, 6.07) is 16.9. The minimum atomic E-state index is -0.727. The molecule has 1 aliphatic carbocycles. The Kier molecular flexibility index (Phi) is 10.5. The third kappa shape index (κ3) is 8.13. The monoisotopic (exact) mass is 723 g/mol. The molecule has 2 aromatic carbocycles. The number of likely N-dealkylation sites (tertiary alicyclic amines) is 1. The number of amides is 6. The van der Waals surface area contributed by atoms with Crippen LogP contribution in [0, 0.1) is 5.92 Å². The molecule has 0 saturated carbocycles. The van der Waals surface area contributed by atoms with Crippen molar-refractivity contribution in [3.63, 3.8) is 0 Å². The average molecular weight is 724 g/mol. The van der Waals surface area contributed by atoms with Crippen LogP contribution in [0.3, 0.4) is 0 Å². The SMILES string of the molecule is CN(C)C(=O)N1CCC(C(=O)N(CC(=O)Nc2ccc3c(c2)CC2(C3)C(=O)Nc3ncccc32)Cc2ccccc2CN(C)C(=O)OC(C)(C)C)CC1. The number of ether oxygens (including phenoxy) is 1. The first-order valence-electron chi connectivity index (χ1n) is 18.1. The lowest BCUT2D eigenvalue weighted by Crippen LogP contribution is -2.48. The van der Waals surface area contributed by atoms with Crippen LogP contribution in [0.2, 0.25) is 0 Å². The molecule has 6 rings (SSSR count). The van der Waals surface area contributed by atoms with Crippen LogP contribution >= 0.6 is 0 Å². The van der Waals surface area contributed by atoms with Gasteiger partial charge in [0.1, 0.15) is 18.0 Å². The molecule has 1 aromatic heterocycles. The van der Waals surface area contributed by atoms with E-state index in [1.807, 2.05) is 75.4 Å². The molecule has 280 valence electrons. The number of anilines is 2. The maximum Gasteiger partial charge on any atom is 0.410 e. The number of carbonyl (C=O) groups excluding carboxylic acids is 5. The lowest BCUT2D eigenvalue weighted by molar-refractivity contribution is -0.140. The summed E-state index contributed by atoms with van der Waals surface area (Å²) in [5.41, 5.74) is 3.73. The normalized spacial score (nSPS) is 17.8. The number of rotatable bonds is 8. The van der Waals surface area contributed by atoms with E-state index >= 15 is 0 Å². The van der Waals surface area contributed by atoms with Gasteiger partial charge in [0.05, 0.1) is 5.41 Å². The standard InChI is InChI=1S/C40H49N7O6/c1-39(2,3)53-38(52)45(6)23-28-10-7-8-11-29(28)24-47(35(49)26-15-18-46(19-16-26)37(51)44(4)5)25-33(48)42-31-14-13-27-21-40(22-30(27)20-31)32-12-9-17-41-34(32)43-36(40)50/h7-14,17,20,26H,15-16,18-19,21-25H2,1-6H3,(H,42,48)(H,41,43,50). The molecule has 6 amide bonds. The third-order valence-corrected chi connectivity index (χ3v) is 10.2. The number of hydrogen-bond donors (Lipinski definition) is 2. The van der Waals surface area contributed by atoms with Crippen LogP contribution in [0.25, 0.3) is 0 Å². The van der Waals surface area contributed by atoms with Crippen molar-refractivity contribution in [2.24, 2.45) is 5.92 Å². The van der Waals surface area contributed by atoms with Crippen molar-refractivity contribution in [2.45, 2.75) is 70.6 Å². The predicted octanol–water partition coefficient (Wildman–Crippen LogP) is 4.80. The molecule has 1 atom stereocenters. The molecule has 1 fully saturated rings. The summed E-state index contributed by atoms with van der Waals surface area (Å²) in [7, 11) is 5.08. The van der Waals surface area contributed by atoms with Crippen LogP contribution in [0.15, 0.2) is 60.8 Å². The molecule has 1 spiro atoms. The number of piperidine rings is 1. The number of carbonyl (C=O) groups is 5. The van der Waals surface area contributed by atoms with Crippen LogP contribution in [-0.4, -0.2) is 101 Å². The molecule has 1 saturated heterocycles. The molecule has 3 heterocycles. The Hall–Kier alpha value is -5.46. The van der Waals surface area contributed by atoms with E-state index in [-0.39, 0.29) is 49.3 Å². The van der Waals surface area contributed by atoms with E-state index in [0.717, 1.165) is 27.8 Å². The second-order valence-electron chi connectivity index (χ2n) is 15.6. The zero-order chi connectivity index (χ0) is 38.1. The van der Waals surface area contributed by atoms with Crippen molar-refractivity contribution < 1.29 is 28.7 Å². The van der Waals surface area contributed by atoms with Gasteiger partial charge in [-0.15, -0.1) is 0 Å². The Bertz CT molecular complexity index is 1920. The Morgan fingerprint density at radius 2 is 1.62 bits per heavy atom. The molecule has 0 bridgehead atoms. The Labute approximate surface area is 310 Å². The second kappa shape index (κ2) is 14.9. The van der Waals surface area contributed by atoms with Crippen LogP contribution in [-0.2, 0) is 50.5 Å². The number of benzene rings is 2. The Morgan fingerprint density at radius 3 is 2.30 bits per heavy atom. The summed E-state index contributed by atoms with van der Waals surface area (Å²) in [6.45, 7) is 6.52. The van der Waals surface area contributed by atoms with Gasteiger partial charge in [-0.25, -0.2) is 14.6 Å². The summed E-state index contributed by atoms with van der Waals surface area (Å²) in [6.07, 6.45) is 3.21. The minimum Gasteiger partial charge on any atom is -0.444 e. The van der Waals surface area contributed by atoms with Crippen LogP contribution in [0.4, 0.5) is 21.1 Å². The molecule has 1 unspecified atom stereocenters. The first-order valence-corrected chi connectivity index (χ1v) is 18.1. The molecule has 53 heavy (non-hydrogen) atoms. The highest BCUT2D eigenvalue weighted by Gasteiger charge is 2.51. The topological polar surface area (TPSA) is 144 Å². The Balaban J connectivity index is 1.19. The lowest BCUT2D eigenvalue weighted by Gasteiger charge is -2.35. The number of nitrogens with one attached hydrogen (secondary N) is 2. The van der Waals surface area contributed by atoms with Crippen LogP contribution in [0.5, 0.6) is 0 Å². The van der Waals surface area contributed by atoms with Crippen molar-refractivity contribution in [3.8, 4) is 0 Å². The summed E-state index contributed by atoms with van der Waals surface area (Å²) in [5, 5.41) is 5.93. The number of nitrogens with zero attached hydrogens (tertiary/aromatic N) is 5. The maximum atomic E-state index is 14.2. The molecule has 2 N–H and O–H groups in total. The van der Waals surface area contributed by atoms with E-state index in [1.54, 1.807) is 37.1 Å². The van der Waals surface area contributed by atoms with E-state index < -0.39 is 17.1 Å². The Morgan fingerprint density at radius 1 is 0.943 bits per heavy atom. The predicted molar refractivity (Wildman–Crippen MR) is 200 cm³/mol. The lowest BCUT2D eigenvalue weighted by atomic mass is 9.79. The van der Waals surface area contributed by atoms with Crippen molar-refractivity contribution >= 4 is 41.4 Å². The molecular formula is C40H49N7O6. The number of pyridine rings is 1. The molecule has 0 radical (unpaired) electrons. The molecule has 13 heteroatoms. The minimum absolute atomic E-state index is 0.0726. The smallest absolute Gasteiger partial charge is 0.410 e. The van der Waals surface area contributed by atoms with Gasteiger partial charge in [-0.3, -0.25) is 14.4 Å². The fourth-order valence-corrected chi connectivity index (χ4v) is 7.52. The third-order valence-electron chi connectivity index (χ3n) is 10.2. The zero-order valence-corrected chi connectivity index (χ0v) is 31.4. The first-order chi connectivity index (χ1) is 25.1. The van der Waals surface area contributed by atoms with E-state index in [1.165, 1.54) is 9.80 Å². The van der Waals surface area contributed by atoms with E-state index in [0.29, 0.717) is 50.3 Å². The van der Waals surface area contributed by atoms with Gasteiger partial charge in [-0.2, -0.15) is 0 Å². The largest absolute Gasteiger partial charge is 0.444 e. The molecule has 3 aromatic rings. The summed E-state index contributed by atoms with van der Waals surface area (Å²) in [5.74, 6) is -0.365. The van der Waals surface area contributed by atoms with Gasteiger partial charge < -0.3 is 35.0 Å². The summed E-state index contributed by atoms with van der Waals surface area (Å²) < 4.78 is 5.55. The quantitative estimate of drug-likeness (QED) is 0.340. The average Bonchev–Trinajstić information content (AvgIpc) is 3.63. The maximum absolute atomic E-state index is 14.2. The van der Waals surface area contributed by atoms with Crippen LogP contribution in [0.1, 0.15) is 61.4 Å². The van der Waals surface area contributed by atoms with Crippen molar-refractivity contribution in [2.75, 3.05) is 51.4 Å². The van der Waals surface area contributed by atoms with Gasteiger partial charge in [0.15, 0.2) is 0 Å². The highest BCUT2D eigenvalue weighted by molar-refractivity contribution is 6.06.